The minimum absolute atomic E-state index is 0.250. The van der Waals surface area contributed by atoms with Gasteiger partial charge in [-0.05, 0) is 24.8 Å². The van der Waals surface area contributed by atoms with E-state index >= 15 is 0 Å². The second-order valence-electron chi connectivity index (χ2n) is 5.31. The van der Waals surface area contributed by atoms with Crippen LogP contribution in [0.1, 0.15) is 33.6 Å². The van der Waals surface area contributed by atoms with Gasteiger partial charge in [-0.15, -0.1) is 0 Å². The van der Waals surface area contributed by atoms with Gasteiger partial charge in [0, 0.05) is 32.5 Å². The molecule has 6 heteroatoms. The van der Waals surface area contributed by atoms with E-state index < -0.39 is 10.0 Å². The van der Waals surface area contributed by atoms with E-state index in [-0.39, 0.29) is 4.90 Å². The first-order chi connectivity index (χ1) is 9.39. The number of hydrogen-bond acceptors (Lipinski definition) is 4. The molecule has 1 aromatic heterocycles. The van der Waals surface area contributed by atoms with E-state index in [1.807, 2.05) is 6.92 Å². The highest BCUT2D eigenvalue weighted by atomic mass is 32.2. The van der Waals surface area contributed by atoms with E-state index in [1.54, 1.807) is 19.3 Å². The minimum Gasteiger partial charge on any atom is -0.384 e. The quantitative estimate of drug-likeness (QED) is 0.801. The van der Waals surface area contributed by atoms with Crippen LogP contribution in [0.15, 0.2) is 23.4 Å². The molecule has 0 aromatic carbocycles. The molecule has 0 saturated heterocycles. The van der Waals surface area contributed by atoms with Crippen molar-refractivity contribution < 1.29 is 8.42 Å². The molecule has 5 nitrogen and oxygen atoms in total. The van der Waals surface area contributed by atoms with Crippen molar-refractivity contribution in [1.29, 1.82) is 0 Å². The van der Waals surface area contributed by atoms with Gasteiger partial charge in [0.15, 0.2) is 0 Å². The molecule has 0 unspecified atom stereocenters. The van der Waals surface area contributed by atoms with Crippen LogP contribution in [-0.2, 0) is 10.0 Å². The lowest BCUT2D eigenvalue weighted by Gasteiger charge is -2.20. The third kappa shape index (κ3) is 4.45. The molecule has 0 aliphatic heterocycles. The number of hydrogen-bond donors (Lipinski definition) is 1. The van der Waals surface area contributed by atoms with Crippen molar-refractivity contribution in [2.75, 3.05) is 25.5 Å². The number of sulfonamides is 1. The summed E-state index contributed by atoms with van der Waals surface area (Å²) in [4.78, 5) is 4.20. The Labute approximate surface area is 122 Å². The fourth-order valence-electron chi connectivity index (χ4n) is 1.72. The number of rotatable bonds is 8. The molecule has 0 amide bonds. The Morgan fingerprint density at radius 1 is 1.40 bits per heavy atom. The summed E-state index contributed by atoms with van der Waals surface area (Å²) >= 11 is 0. The molecular formula is C14H25N3O2S. The topological polar surface area (TPSA) is 62.3 Å². The summed E-state index contributed by atoms with van der Waals surface area (Å²) in [6.45, 7) is 7.46. The lowest BCUT2D eigenvalue weighted by molar-refractivity contribution is 0.428. The van der Waals surface area contributed by atoms with Crippen LogP contribution in [0, 0.1) is 5.92 Å². The van der Waals surface area contributed by atoms with Gasteiger partial charge in [-0.1, -0.05) is 20.8 Å². The van der Waals surface area contributed by atoms with Gasteiger partial charge >= 0.3 is 0 Å². The van der Waals surface area contributed by atoms with Gasteiger partial charge in [0.2, 0.25) is 10.0 Å². The lowest BCUT2D eigenvalue weighted by Crippen LogP contribution is -2.29. The number of aromatic nitrogens is 1. The van der Waals surface area contributed by atoms with Gasteiger partial charge in [0.1, 0.15) is 4.90 Å². The van der Waals surface area contributed by atoms with Crippen LogP contribution in [0.4, 0.5) is 5.69 Å². The number of anilines is 1. The van der Waals surface area contributed by atoms with Crippen molar-refractivity contribution in [2.45, 2.75) is 38.5 Å². The van der Waals surface area contributed by atoms with E-state index in [2.05, 4.69) is 24.1 Å². The molecule has 1 rings (SSSR count). The third-order valence-electron chi connectivity index (χ3n) is 3.06. The van der Waals surface area contributed by atoms with Crippen molar-refractivity contribution in [3.05, 3.63) is 18.5 Å². The molecule has 0 fully saturated rings. The van der Waals surface area contributed by atoms with Gasteiger partial charge in [-0.3, -0.25) is 4.98 Å². The third-order valence-corrected chi connectivity index (χ3v) is 4.94. The molecule has 0 saturated carbocycles. The van der Waals surface area contributed by atoms with Crippen LogP contribution in [0.2, 0.25) is 0 Å². The second-order valence-corrected chi connectivity index (χ2v) is 7.32. The van der Waals surface area contributed by atoms with Gasteiger partial charge in [-0.2, -0.15) is 0 Å². The zero-order chi connectivity index (χ0) is 15.2. The smallest absolute Gasteiger partial charge is 0.246 e. The Bertz CT molecular complexity index is 515. The van der Waals surface area contributed by atoms with Crippen LogP contribution in [0.5, 0.6) is 0 Å². The summed E-state index contributed by atoms with van der Waals surface area (Å²) in [6.07, 6.45) is 4.79. The molecule has 0 aliphatic rings. The first-order valence-electron chi connectivity index (χ1n) is 7.03. The van der Waals surface area contributed by atoms with E-state index in [4.69, 9.17) is 0 Å². The maximum Gasteiger partial charge on any atom is 0.246 e. The van der Waals surface area contributed by atoms with Gasteiger partial charge in [0.05, 0.1) is 5.69 Å². The molecule has 114 valence electrons. The number of nitrogens with zero attached hydrogens (tertiary/aromatic N) is 2. The molecular weight excluding hydrogens is 274 g/mol. The van der Waals surface area contributed by atoms with Crippen molar-refractivity contribution in [3.8, 4) is 0 Å². The number of nitrogens with one attached hydrogen (secondary N) is 1. The lowest BCUT2D eigenvalue weighted by atomic mass is 10.1. The highest BCUT2D eigenvalue weighted by molar-refractivity contribution is 7.89. The molecule has 1 N–H and O–H groups in total. The monoisotopic (exact) mass is 299 g/mol. The first-order valence-corrected chi connectivity index (χ1v) is 8.47. The maximum atomic E-state index is 12.6. The fraction of sp³-hybridized carbons (Fsp3) is 0.643. The summed E-state index contributed by atoms with van der Waals surface area (Å²) in [7, 11) is -1.87. The Morgan fingerprint density at radius 3 is 2.70 bits per heavy atom. The normalized spacial score (nSPS) is 12.1. The Kier molecular flexibility index (Phi) is 6.42. The van der Waals surface area contributed by atoms with E-state index in [9.17, 15) is 8.42 Å². The summed E-state index contributed by atoms with van der Waals surface area (Å²) in [5, 5.41) is 3.14. The molecule has 1 heterocycles. The summed E-state index contributed by atoms with van der Waals surface area (Å²) in [5.41, 5.74) is 0.623. The van der Waals surface area contributed by atoms with Gasteiger partial charge in [-0.25, -0.2) is 12.7 Å². The van der Waals surface area contributed by atoms with Crippen molar-refractivity contribution in [1.82, 2.24) is 9.29 Å². The summed E-state index contributed by atoms with van der Waals surface area (Å²) < 4.78 is 26.6. The highest BCUT2D eigenvalue weighted by Gasteiger charge is 2.24. The fourth-order valence-corrected chi connectivity index (χ4v) is 3.01. The predicted octanol–water partition coefficient (Wildman–Crippen LogP) is 2.57. The SMILES string of the molecule is CCCNc1ccncc1S(=O)(=O)N(C)CCC(C)C. The maximum absolute atomic E-state index is 12.6. The predicted molar refractivity (Wildman–Crippen MR) is 82.3 cm³/mol. The van der Waals surface area contributed by atoms with Gasteiger partial charge < -0.3 is 5.32 Å². The molecule has 1 aromatic rings. The van der Waals surface area contributed by atoms with Crippen molar-refractivity contribution >= 4 is 15.7 Å². The van der Waals surface area contributed by atoms with Crippen molar-refractivity contribution in [3.63, 3.8) is 0 Å². The highest BCUT2D eigenvalue weighted by Crippen LogP contribution is 2.23. The number of pyridine rings is 1. The van der Waals surface area contributed by atoms with Crippen LogP contribution in [-0.4, -0.2) is 37.8 Å². The standard InChI is InChI=1S/C14H25N3O2S/c1-5-8-16-13-6-9-15-11-14(13)20(18,19)17(4)10-7-12(2)3/h6,9,11-12H,5,7-8,10H2,1-4H3,(H,15,16). The van der Waals surface area contributed by atoms with E-state index in [0.717, 1.165) is 19.4 Å². The van der Waals surface area contributed by atoms with Gasteiger partial charge in [0.25, 0.3) is 0 Å². The second kappa shape index (κ2) is 7.59. The largest absolute Gasteiger partial charge is 0.384 e. The first kappa shape index (κ1) is 16.9. The Balaban J connectivity index is 2.96. The zero-order valence-corrected chi connectivity index (χ0v) is 13.6. The molecule has 0 aliphatic carbocycles. The minimum atomic E-state index is -3.49. The average molecular weight is 299 g/mol. The molecule has 0 radical (unpaired) electrons. The van der Waals surface area contributed by atoms with Crippen LogP contribution in [0.25, 0.3) is 0 Å². The van der Waals surface area contributed by atoms with Crippen LogP contribution >= 0.6 is 0 Å². The average Bonchev–Trinajstić information content (AvgIpc) is 2.42. The molecule has 20 heavy (non-hydrogen) atoms. The molecule has 0 spiro atoms. The van der Waals surface area contributed by atoms with Crippen LogP contribution < -0.4 is 5.32 Å². The summed E-state index contributed by atoms with van der Waals surface area (Å²) in [6, 6.07) is 1.71. The molecule has 0 bridgehead atoms. The van der Waals surface area contributed by atoms with E-state index in [1.165, 1.54) is 10.5 Å². The van der Waals surface area contributed by atoms with Crippen LogP contribution in [0.3, 0.4) is 0 Å². The Morgan fingerprint density at radius 2 is 2.10 bits per heavy atom. The summed E-state index contributed by atoms with van der Waals surface area (Å²) in [5.74, 6) is 0.472. The Hall–Kier alpha value is -1.14. The molecule has 0 atom stereocenters. The van der Waals surface area contributed by atoms with Crippen molar-refractivity contribution in [2.24, 2.45) is 5.92 Å². The van der Waals surface area contributed by atoms with E-state index in [0.29, 0.717) is 18.2 Å². The zero-order valence-electron chi connectivity index (χ0n) is 12.8.